The molecule has 1 unspecified atom stereocenters. The molecule has 128 valence electrons. The zero-order valence-corrected chi connectivity index (χ0v) is 13.5. The number of hydrogen-bond donors (Lipinski definition) is 3. The number of nitrogens with one attached hydrogen (secondary N) is 3. The van der Waals surface area contributed by atoms with Crippen molar-refractivity contribution in [2.75, 3.05) is 17.2 Å². The number of anilines is 2. The Labute approximate surface area is 144 Å². The van der Waals surface area contributed by atoms with E-state index in [1.165, 1.54) is 0 Å². The first-order valence-corrected chi connectivity index (χ1v) is 7.78. The molecule has 0 aromatic heterocycles. The summed E-state index contributed by atoms with van der Waals surface area (Å²) in [4.78, 5) is 35.8. The highest BCUT2D eigenvalue weighted by Gasteiger charge is 2.25. The van der Waals surface area contributed by atoms with Gasteiger partial charge in [0.05, 0.1) is 12.2 Å². The van der Waals surface area contributed by atoms with Crippen LogP contribution < -0.4 is 20.7 Å². The Hall–Kier alpha value is -3.35. The van der Waals surface area contributed by atoms with Crippen LogP contribution in [0.2, 0.25) is 0 Å². The Bertz CT molecular complexity index is 820. The maximum atomic E-state index is 12.1. The Morgan fingerprint density at radius 3 is 2.64 bits per heavy atom. The number of carbonyl (C=O) groups excluding carboxylic acids is 3. The van der Waals surface area contributed by atoms with Crippen molar-refractivity contribution in [3.63, 3.8) is 0 Å². The lowest BCUT2D eigenvalue weighted by molar-refractivity contribution is -0.122. The molecule has 1 atom stereocenters. The molecule has 1 heterocycles. The van der Waals surface area contributed by atoms with Gasteiger partial charge in [-0.05, 0) is 31.2 Å². The fourth-order valence-electron chi connectivity index (χ4n) is 2.38. The van der Waals surface area contributed by atoms with Gasteiger partial charge in [0.1, 0.15) is 11.4 Å². The van der Waals surface area contributed by atoms with Crippen molar-refractivity contribution in [2.24, 2.45) is 0 Å². The van der Waals surface area contributed by atoms with Crippen LogP contribution in [0.4, 0.5) is 11.4 Å². The highest BCUT2D eigenvalue weighted by Crippen LogP contribution is 2.36. The fraction of sp³-hybridized carbons (Fsp3) is 0.167. The third-order valence-corrected chi connectivity index (χ3v) is 3.67. The number of ether oxygens (including phenoxy) is 1. The normalized spacial score (nSPS) is 15.4. The number of carbonyl (C=O) groups is 3. The van der Waals surface area contributed by atoms with E-state index in [9.17, 15) is 14.4 Å². The average molecular weight is 339 g/mol. The molecular weight excluding hydrogens is 322 g/mol. The first-order valence-electron chi connectivity index (χ1n) is 7.78. The molecule has 25 heavy (non-hydrogen) atoms. The zero-order chi connectivity index (χ0) is 17.8. The van der Waals surface area contributed by atoms with E-state index in [2.05, 4.69) is 16.0 Å². The first kappa shape index (κ1) is 16.5. The van der Waals surface area contributed by atoms with Crippen LogP contribution in [0.15, 0.2) is 48.5 Å². The molecule has 1 aliphatic rings. The molecule has 7 heteroatoms. The van der Waals surface area contributed by atoms with Crippen molar-refractivity contribution >= 4 is 29.1 Å². The molecule has 0 bridgehead atoms. The first-order chi connectivity index (χ1) is 12.0. The maximum Gasteiger partial charge on any atom is 0.265 e. The molecule has 2 aromatic carbocycles. The van der Waals surface area contributed by atoms with E-state index in [4.69, 9.17) is 4.74 Å². The minimum atomic E-state index is -0.594. The van der Waals surface area contributed by atoms with Crippen LogP contribution >= 0.6 is 0 Å². The van der Waals surface area contributed by atoms with Gasteiger partial charge in [0.25, 0.3) is 11.8 Å². The fourth-order valence-corrected chi connectivity index (χ4v) is 2.38. The lowest BCUT2D eigenvalue weighted by Crippen LogP contribution is -2.36. The zero-order valence-electron chi connectivity index (χ0n) is 13.5. The van der Waals surface area contributed by atoms with Crippen LogP contribution in [0, 0.1) is 0 Å². The monoisotopic (exact) mass is 339 g/mol. The number of fused-ring (bicyclic) bond motifs is 1. The summed E-state index contributed by atoms with van der Waals surface area (Å²) >= 11 is 0. The SMILES string of the molecule is CC1Oc2cccc(NC(=O)CNC(=O)c3ccccc3)c2NC1=O. The summed E-state index contributed by atoms with van der Waals surface area (Å²) in [7, 11) is 0. The van der Waals surface area contributed by atoms with Gasteiger partial charge in [0, 0.05) is 5.56 Å². The Morgan fingerprint density at radius 1 is 1.12 bits per heavy atom. The summed E-state index contributed by atoms with van der Waals surface area (Å²) in [5.41, 5.74) is 1.30. The molecule has 0 fully saturated rings. The average Bonchev–Trinajstić information content (AvgIpc) is 2.62. The van der Waals surface area contributed by atoms with Crippen LogP contribution in [0.25, 0.3) is 0 Å². The molecule has 0 radical (unpaired) electrons. The number of benzene rings is 2. The van der Waals surface area contributed by atoms with Gasteiger partial charge in [0.15, 0.2) is 6.10 Å². The second-order valence-electron chi connectivity index (χ2n) is 5.52. The van der Waals surface area contributed by atoms with Gasteiger partial charge < -0.3 is 20.7 Å². The van der Waals surface area contributed by atoms with Crippen LogP contribution in [0.1, 0.15) is 17.3 Å². The van der Waals surface area contributed by atoms with Gasteiger partial charge in [0.2, 0.25) is 5.91 Å². The van der Waals surface area contributed by atoms with Crippen LogP contribution in [0.5, 0.6) is 5.75 Å². The Kier molecular flexibility index (Phi) is 4.65. The summed E-state index contributed by atoms with van der Waals surface area (Å²) in [6, 6.07) is 13.7. The highest BCUT2D eigenvalue weighted by molar-refractivity contribution is 6.05. The Morgan fingerprint density at radius 2 is 1.88 bits per heavy atom. The van der Waals surface area contributed by atoms with E-state index in [0.29, 0.717) is 22.7 Å². The molecule has 0 saturated carbocycles. The van der Waals surface area contributed by atoms with E-state index in [-0.39, 0.29) is 18.4 Å². The Balaban J connectivity index is 1.63. The predicted molar refractivity (Wildman–Crippen MR) is 92.6 cm³/mol. The number of amides is 3. The number of rotatable bonds is 4. The van der Waals surface area contributed by atoms with E-state index in [1.54, 1.807) is 55.5 Å². The summed E-state index contributed by atoms with van der Waals surface area (Å²) < 4.78 is 5.49. The molecule has 2 aromatic rings. The molecule has 3 amide bonds. The predicted octanol–water partition coefficient (Wildman–Crippen LogP) is 1.77. The maximum absolute atomic E-state index is 12.1. The minimum Gasteiger partial charge on any atom is -0.479 e. The van der Waals surface area contributed by atoms with Gasteiger partial charge in [-0.1, -0.05) is 24.3 Å². The van der Waals surface area contributed by atoms with Gasteiger partial charge in [-0.15, -0.1) is 0 Å². The number of para-hydroxylation sites is 1. The molecule has 3 N–H and O–H groups in total. The lowest BCUT2D eigenvalue weighted by Gasteiger charge is -2.25. The highest BCUT2D eigenvalue weighted by atomic mass is 16.5. The van der Waals surface area contributed by atoms with Crippen LogP contribution in [-0.4, -0.2) is 30.4 Å². The number of hydrogen-bond acceptors (Lipinski definition) is 4. The minimum absolute atomic E-state index is 0.192. The van der Waals surface area contributed by atoms with Crippen molar-refractivity contribution in [1.82, 2.24) is 5.32 Å². The summed E-state index contributed by atoms with van der Waals surface area (Å²) in [5.74, 6) is -0.549. The molecule has 1 aliphatic heterocycles. The second-order valence-corrected chi connectivity index (χ2v) is 5.52. The van der Waals surface area contributed by atoms with Gasteiger partial charge in [-0.25, -0.2) is 0 Å². The smallest absolute Gasteiger partial charge is 0.265 e. The van der Waals surface area contributed by atoms with Crippen molar-refractivity contribution in [1.29, 1.82) is 0 Å². The standard InChI is InChI=1S/C18H17N3O4/c1-11-17(23)21-16-13(8-5-9-14(16)25-11)20-15(22)10-19-18(24)12-6-3-2-4-7-12/h2-9,11H,10H2,1H3,(H,19,24)(H,20,22)(H,21,23). The quantitative estimate of drug-likeness (QED) is 0.791. The molecule has 0 spiro atoms. The largest absolute Gasteiger partial charge is 0.479 e. The molecule has 0 aliphatic carbocycles. The van der Waals surface area contributed by atoms with Crippen LogP contribution in [0.3, 0.4) is 0 Å². The van der Waals surface area contributed by atoms with Gasteiger partial charge >= 0.3 is 0 Å². The summed E-state index contributed by atoms with van der Waals surface area (Å²) in [6.07, 6.45) is -0.594. The van der Waals surface area contributed by atoms with Crippen molar-refractivity contribution in [3.8, 4) is 5.75 Å². The molecule has 7 nitrogen and oxygen atoms in total. The van der Waals surface area contributed by atoms with E-state index < -0.39 is 12.0 Å². The third kappa shape index (κ3) is 3.77. The van der Waals surface area contributed by atoms with Crippen molar-refractivity contribution < 1.29 is 19.1 Å². The van der Waals surface area contributed by atoms with Crippen molar-refractivity contribution in [3.05, 3.63) is 54.1 Å². The van der Waals surface area contributed by atoms with E-state index >= 15 is 0 Å². The van der Waals surface area contributed by atoms with Crippen molar-refractivity contribution in [2.45, 2.75) is 13.0 Å². The van der Waals surface area contributed by atoms with E-state index in [1.807, 2.05) is 0 Å². The molecule has 0 saturated heterocycles. The topological polar surface area (TPSA) is 96.5 Å². The third-order valence-electron chi connectivity index (χ3n) is 3.67. The second kappa shape index (κ2) is 7.04. The van der Waals surface area contributed by atoms with Gasteiger partial charge in [-0.3, -0.25) is 14.4 Å². The molecular formula is C18H17N3O4. The van der Waals surface area contributed by atoms with E-state index in [0.717, 1.165) is 0 Å². The summed E-state index contributed by atoms with van der Waals surface area (Å²) in [6.45, 7) is 1.45. The summed E-state index contributed by atoms with van der Waals surface area (Å²) in [5, 5.41) is 7.92. The lowest BCUT2D eigenvalue weighted by atomic mass is 10.2. The van der Waals surface area contributed by atoms with Crippen LogP contribution in [-0.2, 0) is 9.59 Å². The molecule has 3 rings (SSSR count). The van der Waals surface area contributed by atoms with Gasteiger partial charge in [-0.2, -0.15) is 0 Å².